The van der Waals surface area contributed by atoms with Crippen LogP contribution in [0.3, 0.4) is 0 Å². The summed E-state index contributed by atoms with van der Waals surface area (Å²) in [5, 5.41) is 6.24. The zero-order chi connectivity index (χ0) is 25.4. The predicted molar refractivity (Wildman–Crippen MR) is 150 cm³/mol. The van der Waals surface area contributed by atoms with E-state index in [2.05, 4.69) is 32.4 Å². The van der Waals surface area contributed by atoms with Crippen molar-refractivity contribution in [3.63, 3.8) is 0 Å². The molecule has 10 heteroatoms. The molecule has 4 rings (SSSR count). The fourth-order valence-corrected chi connectivity index (χ4v) is 5.53. The average molecular weight is 551 g/mol. The fraction of sp³-hybridized carbons (Fsp3) is 0.519. The normalized spacial score (nSPS) is 17.4. The molecule has 0 unspecified atom stereocenters. The van der Waals surface area contributed by atoms with Gasteiger partial charge in [-0.15, -0.1) is 12.4 Å². The number of ether oxygens (including phenoxy) is 1. The van der Waals surface area contributed by atoms with Crippen molar-refractivity contribution in [3.05, 3.63) is 54.1 Å². The molecule has 2 amide bonds. The zero-order valence-electron chi connectivity index (χ0n) is 21.4. The maximum Gasteiger partial charge on any atom is 0.315 e. The molecule has 1 heterocycles. The first kappa shape index (κ1) is 29.1. The Hall–Kier alpha value is -2.49. The van der Waals surface area contributed by atoms with Crippen molar-refractivity contribution < 1.29 is 17.9 Å². The smallest absolute Gasteiger partial charge is 0.315 e. The molecule has 37 heavy (non-hydrogen) atoms. The first-order valence-corrected chi connectivity index (χ1v) is 14.8. The summed E-state index contributed by atoms with van der Waals surface area (Å²) < 4.78 is 31.0. The highest BCUT2D eigenvalue weighted by Crippen LogP contribution is 2.25. The van der Waals surface area contributed by atoms with Crippen LogP contribution in [0.1, 0.15) is 50.5 Å². The lowest BCUT2D eigenvalue weighted by Gasteiger charge is -2.32. The van der Waals surface area contributed by atoms with E-state index < -0.39 is 10.0 Å². The molecule has 204 valence electrons. The second-order valence-electron chi connectivity index (χ2n) is 10.1. The quantitative estimate of drug-likeness (QED) is 0.402. The molecule has 3 N–H and O–H groups in total. The highest BCUT2D eigenvalue weighted by molar-refractivity contribution is 7.92. The number of rotatable bonds is 9. The summed E-state index contributed by atoms with van der Waals surface area (Å²) in [5.74, 6) is 2.01. The van der Waals surface area contributed by atoms with Gasteiger partial charge in [-0.05, 0) is 73.6 Å². The third-order valence-electron chi connectivity index (χ3n) is 6.92. The summed E-state index contributed by atoms with van der Waals surface area (Å²) in [6.07, 6.45) is 9.45. The van der Waals surface area contributed by atoms with Gasteiger partial charge in [0, 0.05) is 37.9 Å². The van der Waals surface area contributed by atoms with E-state index in [0.29, 0.717) is 17.4 Å². The van der Waals surface area contributed by atoms with Crippen LogP contribution in [-0.4, -0.2) is 51.3 Å². The van der Waals surface area contributed by atoms with Crippen LogP contribution in [0.5, 0.6) is 11.5 Å². The molecule has 0 atom stereocenters. The Labute approximate surface area is 227 Å². The van der Waals surface area contributed by atoms with Gasteiger partial charge in [0.05, 0.1) is 6.26 Å². The maximum absolute atomic E-state index is 12.3. The highest BCUT2D eigenvalue weighted by Gasteiger charge is 2.21. The number of hydrogen-bond acceptors (Lipinski definition) is 5. The molecule has 0 aromatic heterocycles. The number of sulfonamides is 1. The minimum Gasteiger partial charge on any atom is -0.457 e. The number of piperidine rings is 1. The summed E-state index contributed by atoms with van der Waals surface area (Å²) >= 11 is 0. The topological polar surface area (TPSA) is 99.8 Å². The summed E-state index contributed by atoms with van der Waals surface area (Å²) in [7, 11) is -3.30. The molecule has 0 radical (unpaired) electrons. The summed E-state index contributed by atoms with van der Waals surface area (Å²) in [5.41, 5.74) is 1.71. The Morgan fingerprint density at radius 3 is 2.11 bits per heavy atom. The number of carbonyl (C=O) groups excluding carboxylic acids is 1. The number of nitrogens with one attached hydrogen (secondary N) is 3. The lowest BCUT2D eigenvalue weighted by molar-refractivity contribution is 0.185. The van der Waals surface area contributed by atoms with Crippen molar-refractivity contribution in [2.75, 3.05) is 30.6 Å². The number of urea groups is 1. The average Bonchev–Trinajstić information content (AvgIpc) is 2.86. The van der Waals surface area contributed by atoms with Crippen molar-refractivity contribution in [3.8, 4) is 11.5 Å². The van der Waals surface area contributed by atoms with Gasteiger partial charge in [0.2, 0.25) is 10.0 Å². The van der Waals surface area contributed by atoms with Gasteiger partial charge in [-0.3, -0.25) is 9.62 Å². The molecular weight excluding hydrogens is 512 g/mol. The van der Waals surface area contributed by atoms with E-state index in [-0.39, 0.29) is 24.5 Å². The van der Waals surface area contributed by atoms with E-state index in [1.165, 1.54) is 37.7 Å². The second kappa shape index (κ2) is 13.9. The van der Waals surface area contributed by atoms with Gasteiger partial charge in [-0.2, -0.15) is 0 Å². The van der Waals surface area contributed by atoms with Gasteiger partial charge in [0.25, 0.3) is 0 Å². The number of likely N-dealkylation sites (tertiary alicyclic amines) is 1. The first-order chi connectivity index (χ1) is 17.3. The molecule has 8 nitrogen and oxygen atoms in total. The zero-order valence-corrected chi connectivity index (χ0v) is 23.1. The Morgan fingerprint density at radius 2 is 1.51 bits per heavy atom. The van der Waals surface area contributed by atoms with Gasteiger partial charge < -0.3 is 15.4 Å². The summed E-state index contributed by atoms with van der Waals surface area (Å²) in [6.45, 7) is 3.59. The SMILES string of the molecule is CS(=O)(=O)Nc1ccc(Oc2ccc(CN3CCC(NC(=O)NCC4CCCCC4)CC3)cc2)cc1.Cl. The summed E-state index contributed by atoms with van der Waals surface area (Å²) in [4.78, 5) is 14.7. The van der Waals surface area contributed by atoms with Crippen LogP contribution in [-0.2, 0) is 16.6 Å². The summed E-state index contributed by atoms with van der Waals surface area (Å²) in [6, 6.07) is 15.1. The monoisotopic (exact) mass is 550 g/mol. The van der Waals surface area contributed by atoms with Crippen LogP contribution in [0.2, 0.25) is 0 Å². The molecule has 2 fully saturated rings. The van der Waals surface area contributed by atoms with Crippen LogP contribution in [0.25, 0.3) is 0 Å². The molecule has 2 aromatic rings. The van der Waals surface area contributed by atoms with E-state index in [1.807, 2.05) is 12.1 Å². The molecule has 2 aromatic carbocycles. The van der Waals surface area contributed by atoms with Crippen LogP contribution in [0.15, 0.2) is 48.5 Å². The number of benzene rings is 2. The molecule has 1 aliphatic carbocycles. The largest absolute Gasteiger partial charge is 0.457 e. The molecular formula is C27H39ClN4O4S. The van der Waals surface area contributed by atoms with E-state index in [4.69, 9.17) is 4.74 Å². The molecule has 0 bridgehead atoms. The lowest BCUT2D eigenvalue weighted by Crippen LogP contribution is -2.48. The van der Waals surface area contributed by atoms with Gasteiger partial charge in [-0.25, -0.2) is 13.2 Å². The standard InChI is InChI=1S/C27H38N4O4S.ClH/c1-36(33,34)30-24-9-13-26(14-10-24)35-25-11-7-22(8-12-25)20-31-17-15-23(16-18-31)29-27(32)28-19-21-5-3-2-4-6-21;/h7-14,21,23,30H,2-6,15-20H2,1H3,(H2,28,29,32);1H. The Bertz CT molecular complexity index is 1080. The van der Waals surface area contributed by atoms with Crippen molar-refractivity contribution in [2.45, 2.75) is 57.5 Å². The van der Waals surface area contributed by atoms with Crippen molar-refractivity contribution in [1.82, 2.24) is 15.5 Å². The van der Waals surface area contributed by atoms with Crippen LogP contribution < -0.4 is 20.1 Å². The Kier molecular flexibility index (Phi) is 10.9. The Morgan fingerprint density at radius 1 is 0.919 bits per heavy atom. The van der Waals surface area contributed by atoms with Crippen molar-refractivity contribution in [1.29, 1.82) is 0 Å². The minimum absolute atomic E-state index is 0. The van der Waals surface area contributed by atoms with E-state index >= 15 is 0 Å². The highest BCUT2D eigenvalue weighted by atomic mass is 35.5. The first-order valence-electron chi connectivity index (χ1n) is 12.9. The third kappa shape index (κ3) is 10.1. The molecule has 1 saturated carbocycles. The maximum atomic E-state index is 12.3. The van der Waals surface area contributed by atoms with E-state index in [0.717, 1.165) is 51.0 Å². The number of hydrogen-bond donors (Lipinski definition) is 3. The number of halogens is 1. The van der Waals surface area contributed by atoms with Crippen LogP contribution in [0.4, 0.5) is 10.5 Å². The van der Waals surface area contributed by atoms with E-state index in [1.54, 1.807) is 24.3 Å². The lowest BCUT2D eigenvalue weighted by atomic mass is 9.89. The number of amides is 2. The predicted octanol–water partition coefficient (Wildman–Crippen LogP) is 5.12. The van der Waals surface area contributed by atoms with Crippen molar-refractivity contribution >= 4 is 34.1 Å². The minimum atomic E-state index is -3.30. The van der Waals surface area contributed by atoms with Crippen LogP contribution >= 0.6 is 12.4 Å². The molecule has 1 saturated heterocycles. The number of nitrogens with zero attached hydrogens (tertiary/aromatic N) is 1. The third-order valence-corrected chi connectivity index (χ3v) is 7.53. The van der Waals surface area contributed by atoms with Crippen LogP contribution in [0, 0.1) is 5.92 Å². The van der Waals surface area contributed by atoms with Gasteiger partial charge in [0.1, 0.15) is 11.5 Å². The van der Waals surface area contributed by atoms with E-state index in [9.17, 15) is 13.2 Å². The molecule has 1 aliphatic heterocycles. The number of carbonyl (C=O) groups is 1. The van der Waals surface area contributed by atoms with Gasteiger partial charge >= 0.3 is 6.03 Å². The second-order valence-corrected chi connectivity index (χ2v) is 11.8. The molecule has 0 spiro atoms. The molecule has 2 aliphatic rings. The van der Waals surface area contributed by atoms with Gasteiger partial charge in [0.15, 0.2) is 0 Å². The Balaban J connectivity index is 0.00000380. The van der Waals surface area contributed by atoms with Gasteiger partial charge in [-0.1, -0.05) is 31.4 Å². The number of anilines is 1. The fourth-order valence-electron chi connectivity index (χ4n) is 4.96. The van der Waals surface area contributed by atoms with Crippen molar-refractivity contribution in [2.24, 2.45) is 5.92 Å².